The molecule has 0 saturated carbocycles. The highest BCUT2D eigenvalue weighted by atomic mass is 19.1. The predicted molar refractivity (Wildman–Crippen MR) is 106 cm³/mol. The molecule has 0 amide bonds. The number of allylic oxidation sites excluding steroid dienone is 1. The van der Waals surface area contributed by atoms with E-state index in [1.165, 1.54) is 24.4 Å². The number of rotatable bonds is 7. The molecule has 2 aromatic heterocycles. The molecule has 0 saturated heterocycles. The maximum atomic E-state index is 13.1. The van der Waals surface area contributed by atoms with E-state index in [0.29, 0.717) is 23.3 Å². The summed E-state index contributed by atoms with van der Waals surface area (Å²) in [4.78, 5) is 17.0. The maximum Gasteiger partial charge on any atom is 0.225 e. The van der Waals surface area contributed by atoms with Crippen LogP contribution in [0.1, 0.15) is 24.2 Å². The second kappa shape index (κ2) is 8.67. The van der Waals surface area contributed by atoms with E-state index in [4.69, 9.17) is 11.1 Å². The fourth-order valence-electron chi connectivity index (χ4n) is 2.42. The van der Waals surface area contributed by atoms with Crippen molar-refractivity contribution in [3.05, 3.63) is 78.3 Å². The highest BCUT2D eigenvalue weighted by Crippen LogP contribution is 2.20. The van der Waals surface area contributed by atoms with E-state index >= 15 is 0 Å². The third kappa shape index (κ3) is 4.85. The summed E-state index contributed by atoms with van der Waals surface area (Å²) in [5.41, 5.74) is 6.76. The van der Waals surface area contributed by atoms with Crippen LogP contribution < -0.4 is 16.4 Å². The molecular formula is C19H19FN8. The molecule has 28 heavy (non-hydrogen) atoms. The van der Waals surface area contributed by atoms with Gasteiger partial charge in [0.15, 0.2) is 0 Å². The van der Waals surface area contributed by atoms with Crippen LogP contribution in [0.25, 0.3) is 0 Å². The van der Waals surface area contributed by atoms with E-state index in [1.807, 2.05) is 6.92 Å². The summed E-state index contributed by atoms with van der Waals surface area (Å²) in [6, 6.07) is 7.61. The van der Waals surface area contributed by atoms with E-state index in [1.54, 1.807) is 36.8 Å². The van der Waals surface area contributed by atoms with Crippen molar-refractivity contribution in [1.29, 1.82) is 5.41 Å². The van der Waals surface area contributed by atoms with Gasteiger partial charge in [0.2, 0.25) is 5.95 Å². The van der Waals surface area contributed by atoms with Gasteiger partial charge in [-0.05, 0) is 36.9 Å². The van der Waals surface area contributed by atoms with Crippen LogP contribution in [0.15, 0.2) is 61.2 Å². The first-order valence-corrected chi connectivity index (χ1v) is 8.46. The number of halogens is 1. The molecular weight excluding hydrogens is 359 g/mol. The van der Waals surface area contributed by atoms with Gasteiger partial charge in [-0.3, -0.25) is 10.4 Å². The summed E-state index contributed by atoms with van der Waals surface area (Å²) in [6.07, 6.45) is 7.38. The average Bonchev–Trinajstić information content (AvgIpc) is 2.69. The number of hydrogen-bond donors (Lipinski definition) is 4. The second-order valence-corrected chi connectivity index (χ2v) is 5.87. The van der Waals surface area contributed by atoms with E-state index in [2.05, 4.69) is 30.6 Å². The molecule has 0 fully saturated rings. The van der Waals surface area contributed by atoms with Crippen LogP contribution in [-0.4, -0.2) is 25.6 Å². The van der Waals surface area contributed by atoms with Gasteiger partial charge in [-0.2, -0.15) is 4.98 Å². The van der Waals surface area contributed by atoms with Crippen molar-refractivity contribution in [3.8, 4) is 0 Å². The molecule has 5 N–H and O–H groups in total. The summed E-state index contributed by atoms with van der Waals surface area (Å²) >= 11 is 0. The SMILES string of the molecule is C[C@H](Nc1nc(Nc2cnccn2)cc(C(=N)/C=C\N)n1)c1ccc(F)cc1. The van der Waals surface area contributed by atoms with Crippen molar-refractivity contribution in [2.24, 2.45) is 5.73 Å². The van der Waals surface area contributed by atoms with Crippen LogP contribution in [0, 0.1) is 11.2 Å². The van der Waals surface area contributed by atoms with E-state index < -0.39 is 0 Å². The van der Waals surface area contributed by atoms with Crippen LogP contribution in [-0.2, 0) is 0 Å². The van der Waals surface area contributed by atoms with E-state index in [-0.39, 0.29) is 17.6 Å². The standard InChI is InChI=1S/C19H19FN8/c1-12(13-2-4-14(20)5-3-13)25-19-26-16(15(22)6-7-21)10-17(28-19)27-18-11-23-8-9-24-18/h2-12,22H,21H2,1H3,(H2,24,25,26,27,28)/b7-6-,22-15?/t12-/m0/s1. The molecule has 0 aliphatic carbocycles. The normalized spacial score (nSPS) is 11.9. The smallest absolute Gasteiger partial charge is 0.225 e. The Balaban J connectivity index is 1.89. The van der Waals surface area contributed by atoms with Crippen LogP contribution in [0.5, 0.6) is 0 Å². The van der Waals surface area contributed by atoms with Crippen molar-refractivity contribution in [1.82, 2.24) is 19.9 Å². The first-order chi connectivity index (χ1) is 13.5. The molecule has 142 valence electrons. The fraction of sp³-hybridized carbons (Fsp3) is 0.105. The van der Waals surface area contributed by atoms with Gasteiger partial charge in [-0.25, -0.2) is 14.4 Å². The summed E-state index contributed by atoms with van der Waals surface area (Å²) in [5.74, 6) is 0.947. The van der Waals surface area contributed by atoms with Crippen molar-refractivity contribution < 1.29 is 4.39 Å². The van der Waals surface area contributed by atoms with Crippen molar-refractivity contribution in [2.45, 2.75) is 13.0 Å². The average molecular weight is 378 g/mol. The monoisotopic (exact) mass is 378 g/mol. The summed E-state index contributed by atoms with van der Waals surface area (Å²) in [5, 5.41) is 14.3. The predicted octanol–water partition coefficient (Wildman–Crippen LogP) is 3.16. The third-order valence-electron chi connectivity index (χ3n) is 3.80. The molecule has 0 spiro atoms. The quantitative estimate of drug-likeness (QED) is 0.465. The number of nitrogens with two attached hydrogens (primary N) is 1. The van der Waals surface area contributed by atoms with E-state index in [9.17, 15) is 4.39 Å². The highest BCUT2D eigenvalue weighted by Gasteiger charge is 2.12. The lowest BCUT2D eigenvalue weighted by atomic mass is 10.1. The molecule has 2 heterocycles. The molecule has 1 atom stereocenters. The zero-order chi connectivity index (χ0) is 19.9. The topological polar surface area (TPSA) is 125 Å². The van der Waals surface area contributed by atoms with Crippen LogP contribution in [0.2, 0.25) is 0 Å². The molecule has 0 radical (unpaired) electrons. The lowest BCUT2D eigenvalue weighted by molar-refractivity contribution is 0.626. The summed E-state index contributed by atoms with van der Waals surface area (Å²) < 4.78 is 13.1. The minimum Gasteiger partial charge on any atom is -0.405 e. The number of nitrogens with zero attached hydrogens (tertiary/aromatic N) is 4. The summed E-state index contributed by atoms with van der Waals surface area (Å²) in [7, 11) is 0. The van der Waals surface area contributed by atoms with Crippen LogP contribution >= 0.6 is 0 Å². The Morgan fingerprint density at radius 3 is 2.64 bits per heavy atom. The van der Waals surface area contributed by atoms with Gasteiger partial charge in [0.25, 0.3) is 0 Å². The van der Waals surface area contributed by atoms with Gasteiger partial charge in [0.05, 0.1) is 23.6 Å². The Labute approximate surface area is 161 Å². The molecule has 0 unspecified atom stereocenters. The maximum absolute atomic E-state index is 13.1. The van der Waals surface area contributed by atoms with Gasteiger partial charge in [-0.15, -0.1) is 0 Å². The van der Waals surface area contributed by atoms with Gasteiger partial charge in [-0.1, -0.05) is 12.1 Å². The number of hydrogen-bond acceptors (Lipinski definition) is 8. The Morgan fingerprint density at radius 2 is 1.96 bits per heavy atom. The zero-order valence-corrected chi connectivity index (χ0v) is 15.1. The van der Waals surface area contributed by atoms with Gasteiger partial charge < -0.3 is 16.4 Å². The van der Waals surface area contributed by atoms with Crippen molar-refractivity contribution in [3.63, 3.8) is 0 Å². The minimum atomic E-state index is -0.299. The Bertz CT molecular complexity index is 973. The minimum absolute atomic E-state index is 0.129. The Morgan fingerprint density at radius 1 is 1.18 bits per heavy atom. The first kappa shape index (κ1) is 18.9. The van der Waals surface area contributed by atoms with Gasteiger partial charge in [0.1, 0.15) is 17.5 Å². The molecule has 1 aromatic carbocycles. The Kier molecular flexibility index (Phi) is 5.85. The molecule has 8 nitrogen and oxygen atoms in total. The van der Waals surface area contributed by atoms with Gasteiger partial charge >= 0.3 is 0 Å². The number of nitrogens with one attached hydrogen (secondary N) is 3. The first-order valence-electron chi connectivity index (χ1n) is 8.46. The molecule has 3 rings (SSSR count). The lowest BCUT2D eigenvalue weighted by Gasteiger charge is -2.16. The Hall–Kier alpha value is -3.88. The fourth-order valence-corrected chi connectivity index (χ4v) is 2.42. The molecule has 9 heteroatoms. The van der Waals surface area contributed by atoms with Crippen molar-refractivity contribution in [2.75, 3.05) is 10.6 Å². The molecule has 0 aliphatic heterocycles. The van der Waals surface area contributed by atoms with Gasteiger partial charge in [0, 0.05) is 18.5 Å². The molecule has 0 bridgehead atoms. The van der Waals surface area contributed by atoms with Crippen molar-refractivity contribution >= 4 is 23.3 Å². The van der Waals surface area contributed by atoms with Crippen LogP contribution in [0.4, 0.5) is 22.0 Å². The zero-order valence-electron chi connectivity index (χ0n) is 15.1. The van der Waals surface area contributed by atoms with E-state index in [0.717, 1.165) is 5.56 Å². The number of anilines is 3. The largest absolute Gasteiger partial charge is 0.405 e. The molecule has 3 aromatic rings. The lowest BCUT2D eigenvalue weighted by Crippen LogP contribution is -2.13. The molecule has 0 aliphatic rings. The second-order valence-electron chi connectivity index (χ2n) is 5.87. The number of aromatic nitrogens is 4. The third-order valence-corrected chi connectivity index (χ3v) is 3.80. The summed E-state index contributed by atoms with van der Waals surface area (Å²) in [6.45, 7) is 1.91. The van der Waals surface area contributed by atoms with Crippen LogP contribution in [0.3, 0.4) is 0 Å². The highest BCUT2D eigenvalue weighted by molar-refractivity contribution is 6.05. The number of benzene rings is 1.